The molecular weight excluding hydrogens is 452 g/mol. The molecule has 0 aliphatic carbocycles. The van der Waals surface area contributed by atoms with Crippen LogP contribution in [0.2, 0.25) is 0 Å². The number of phenolic OH excluding ortho intramolecular Hbond substituents is 1. The molecule has 3 rings (SSSR count). The number of aromatic nitrogens is 2. The van der Waals surface area contributed by atoms with Crippen molar-refractivity contribution in [2.24, 2.45) is 11.7 Å². The molecule has 0 radical (unpaired) electrons. The van der Waals surface area contributed by atoms with Crippen LogP contribution in [0.4, 0.5) is 0 Å². The van der Waals surface area contributed by atoms with Crippen LogP contribution in [0, 0.1) is 5.92 Å². The zero-order valence-corrected chi connectivity index (χ0v) is 18.1. The van der Waals surface area contributed by atoms with Gasteiger partial charge in [-0.2, -0.15) is 0 Å². The van der Waals surface area contributed by atoms with Gasteiger partial charge in [0.15, 0.2) is 12.3 Å². The number of hydrogen-bond donors (Lipinski definition) is 7. The summed E-state index contributed by atoms with van der Waals surface area (Å²) in [4.78, 5) is 49.8. The number of aliphatic hydroxyl groups is 2. The van der Waals surface area contributed by atoms with E-state index in [4.69, 9.17) is 10.5 Å². The molecule has 13 nitrogen and oxygen atoms in total. The predicted molar refractivity (Wildman–Crippen MR) is 116 cm³/mol. The lowest BCUT2D eigenvalue weighted by Crippen LogP contribution is -2.57. The molecule has 1 aliphatic heterocycles. The number of ether oxygens (including phenoxy) is 1. The zero-order valence-electron chi connectivity index (χ0n) is 18.1. The molecule has 2 heterocycles. The predicted octanol–water partition coefficient (Wildman–Crippen LogP) is -2.36. The van der Waals surface area contributed by atoms with Gasteiger partial charge in [-0.15, -0.1) is 0 Å². The maximum atomic E-state index is 12.7. The SMILES string of the molecule is C[C@H](Cc1ccc(O)cc1)[C@H](N)C(=O)N[C@H](C(=O)O)[C@H]1O[C@@H](n2ccc(=O)[nH]c2=O)[C@H](O)[C@@H]1O. The summed E-state index contributed by atoms with van der Waals surface area (Å²) >= 11 is 0. The normalized spacial score (nSPS) is 24.8. The third kappa shape index (κ3) is 5.34. The van der Waals surface area contributed by atoms with Gasteiger partial charge in [-0.3, -0.25) is 19.1 Å². The first-order valence-electron chi connectivity index (χ1n) is 10.4. The molecule has 184 valence electrons. The van der Waals surface area contributed by atoms with Gasteiger partial charge < -0.3 is 36.2 Å². The van der Waals surface area contributed by atoms with Crippen LogP contribution in [-0.4, -0.2) is 72.2 Å². The highest BCUT2D eigenvalue weighted by atomic mass is 16.6. The number of nitrogens with one attached hydrogen (secondary N) is 2. The van der Waals surface area contributed by atoms with Crippen molar-refractivity contribution in [3.05, 3.63) is 62.9 Å². The second kappa shape index (κ2) is 10.2. The maximum absolute atomic E-state index is 12.7. The third-order valence-corrected chi connectivity index (χ3v) is 5.70. The van der Waals surface area contributed by atoms with Crippen LogP contribution in [0.15, 0.2) is 46.1 Å². The summed E-state index contributed by atoms with van der Waals surface area (Å²) in [5, 5.41) is 42.0. The summed E-state index contributed by atoms with van der Waals surface area (Å²) in [6.07, 6.45) is -5.25. The number of benzene rings is 1. The Hall–Kier alpha value is -3.52. The zero-order chi connectivity index (χ0) is 25.2. The second-order valence-electron chi connectivity index (χ2n) is 8.19. The fourth-order valence-corrected chi connectivity index (χ4v) is 3.74. The van der Waals surface area contributed by atoms with E-state index in [-0.39, 0.29) is 5.75 Å². The van der Waals surface area contributed by atoms with Gasteiger partial charge in [0, 0.05) is 12.3 Å². The molecule has 1 aromatic carbocycles. The summed E-state index contributed by atoms with van der Waals surface area (Å²) < 4.78 is 6.24. The number of aliphatic hydroxyl groups excluding tert-OH is 2. The first-order valence-corrected chi connectivity index (χ1v) is 10.4. The van der Waals surface area contributed by atoms with Gasteiger partial charge >= 0.3 is 11.7 Å². The number of nitrogens with zero attached hydrogens (tertiary/aromatic N) is 1. The average molecular weight is 478 g/mol. The van der Waals surface area contributed by atoms with E-state index in [9.17, 15) is 39.6 Å². The Bertz CT molecular complexity index is 1150. The van der Waals surface area contributed by atoms with Crippen LogP contribution in [-0.2, 0) is 20.7 Å². The summed E-state index contributed by atoms with van der Waals surface area (Å²) in [6.45, 7) is 1.69. The Labute approximate surface area is 192 Å². The Balaban J connectivity index is 1.73. The van der Waals surface area contributed by atoms with E-state index in [1.807, 2.05) is 4.98 Å². The van der Waals surface area contributed by atoms with Gasteiger partial charge in [-0.05, 0) is 30.0 Å². The van der Waals surface area contributed by atoms with Crippen LogP contribution in [0.1, 0.15) is 18.7 Å². The van der Waals surface area contributed by atoms with Crippen LogP contribution >= 0.6 is 0 Å². The molecular formula is C21H26N4O9. The molecule has 2 aromatic rings. The quantitative estimate of drug-likeness (QED) is 0.214. The lowest BCUT2D eigenvalue weighted by molar-refractivity contribution is -0.149. The number of hydrogen-bond acceptors (Lipinski definition) is 9. The van der Waals surface area contributed by atoms with E-state index >= 15 is 0 Å². The van der Waals surface area contributed by atoms with Gasteiger partial charge in [0.1, 0.15) is 24.1 Å². The number of carbonyl (C=O) groups is 2. The van der Waals surface area contributed by atoms with Crippen LogP contribution in [0.25, 0.3) is 0 Å². The summed E-state index contributed by atoms with van der Waals surface area (Å²) in [6, 6.07) is 4.37. The molecule has 1 fully saturated rings. The lowest BCUT2D eigenvalue weighted by atomic mass is 9.93. The fraction of sp³-hybridized carbons (Fsp3) is 0.429. The minimum atomic E-state index is -1.80. The molecule has 1 aromatic heterocycles. The van der Waals surface area contributed by atoms with E-state index < -0.39 is 65.7 Å². The third-order valence-electron chi connectivity index (χ3n) is 5.70. The largest absolute Gasteiger partial charge is 0.508 e. The molecule has 0 unspecified atom stereocenters. The fourth-order valence-electron chi connectivity index (χ4n) is 3.74. The number of rotatable bonds is 8. The van der Waals surface area contributed by atoms with Crippen molar-refractivity contribution in [3.63, 3.8) is 0 Å². The number of phenols is 1. The van der Waals surface area contributed by atoms with Gasteiger partial charge in [0.05, 0.1) is 6.04 Å². The first-order chi connectivity index (χ1) is 16.0. The number of H-pyrrole nitrogens is 1. The minimum absolute atomic E-state index is 0.0856. The molecule has 0 saturated carbocycles. The Kier molecular flexibility index (Phi) is 7.51. The van der Waals surface area contributed by atoms with Crippen LogP contribution in [0.5, 0.6) is 5.75 Å². The van der Waals surface area contributed by atoms with Crippen molar-refractivity contribution in [3.8, 4) is 5.75 Å². The van der Waals surface area contributed by atoms with E-state index in [0.717, 1.165) is 22.4 Å². The molecule has 8 N–H and O–H groups in total. The van der Waals surface area contributed by atoms with E-state index in [1.54, 1.807) is 19.1 Å². The summed E-state index contributed by atoms with van der Waals surface area (Å²) in [7, 11) is 0. The number of aromatic amines is 1. The molecule has 13 heteroatoms. The smallest absolute Gasteiger partial charge is 0.330 e. The first kappa shape index (κ1) is 25.1. The average Bonchev–Trinajstić information content (AvgIpc) is 3.07. The van der Waals surface area contributed by atoms with Crippen molar-refractivity contribution in [2.45, 2.75) is 50.0 Å². The Morgan fingerprint density at radius 3 is 2.41 bits per heavy atom. The molecule has 0 spiro atoms. The highest BCUT2D eigenvalue weighted by Crippen LogP contribution is 2.30. The summed E-state index contributed by atoms with van der Waals surface area (Å²) in [5.74, 6) is -2.72. The number of amides is 1. The van der Waals surface area contributed by atoms with E-state index in [0.29, 0.717) is 6.42 Å². The van der Waals surface area contributed by atoms with E-state index in [2.05, 4.69) is 5.32 Å². The van der Waals surface area contributed by atoms with Crippen molar-refractivity contribution in [1.29, 1.82) is 0 Å². The van der Waals surface area contributed by atoms with Crippen LogP contribution < -0.4 is 22.3 Å². The highest BCUT2D eigenvalue weighted by Gasteiger charge is 2.50. The van der Waals surface area contributed by atoms with Gasteiger partial charge in [0.2, 0.25) is 5.91 Å². The number of carboxylic acid groups (broad SMARTS) is 1. The number of nitrogens with two attached hydrogens (primary N) is 1. The molecule has 0 bridgehead atoms. The van der Waals surface area contributed by atoms with Crippen LogP contribution in [0.3, 0.4) is 0 Å². The maximum Gasteiger partial charge on any atom is 0.330 e. The van der Waals surface area contributed by atoms with Crippen molar-refractivity contribution in [2.75, 3.05) is 0 Å². The highest BCUT2D eigenvalue weighted by molar-refractivity contribution is 5.87. The van der Waals surface area contributed by atoms with Gasteiger partial charge in [-0.1, -0.05) is 19.1 Å². The Morgan fingerprint density at radius 2 is 1.82 bits per heavy atom. The lowest BCUT2D eigenvalue weighted by Gasteiger charge is -2.26. The van der Waals surface area contributed by atoms with Gasteiger partial charge in [0.25, 0.3) is 5.56 Å². The Morgan fingerprint density at radius 1 is 1.18 bits per heavy atom. The molecule has 34 heavy (non-hydrogen) atoms. The van der Waals surface area contributed by atoms with E-state index in [1.165, 1.54) is 12.1 Å². The molecule has 1 saturated heterocycles. The topological polar surface area (TPSA) is 217 Å². The number of aliphatic carboxylic acids is 1. The number of aromatic hydroxyl groups is 1. The number of carboxylic acids is 1. The van der Waals surface area contributed by atoms with Crippen molar-refractivity contribution < 1.29 is 34.8 Å². The minimum Gasteiger partial charge on any atom is -0.508 e. The number of carbonyl (C=O) groups excluding carboxylic acids is 1. The monoisotopic (exact) mass is 478 g/mol. The summed E-state index contributed by atoms with van der Waals surface area (Å²) in [5.41, 5.74) is 5.18. The molecule has 7 atom stereocenters. The molecule has 1 amide bonds. The van der Waals surface area contributed by atoms with Gasteiger partial charge in [-0.25, -0.2) is 9.59 Å². The standard InChI is InChI=1S/C21H26N4O9/c1-9(8-10-2-4-11(26)5-3-10)13(22)18(30)24-14(20(31)32)17-15(28)16(29)19(34-17)25-7-6-12(27)23-21(25)33/h2-7,9,13-17,19,26,28-29H,8,22H2,1H3,(H,24,30)(H,31,32)(H,23,27,33)/t9-,13+,14+,15+,16-,17-,19-/m1/s1. The molecule has 1 aliphatic rings. The van der Waals surface area contributed by atoms with Crippen molar-refractivity contribution in [1.82, 2.24) is 14.9 Å². The second-order valence-corrected chi connectivity index (χ2v) is 8.19. The van der Waals surface area contributed by atoms with Crippen molar-refractivity contribution >= 4 is 11.9 Å².